The number of hydrogen-bond acceptors (Lipinski definition) is 5. The summed E-state index contributed by atoms with van der Waals surface area (Å²) in [7, 11) is 0. The minimum absolute atomic E-state index is 0.0115. The number of nitrogens with two attached hydrogens (primary N) is 1. The molecule has 0 unspecified atom stereocenters. The van der Waals surface area contributed by atoms with Gasteiger partial charge in [-0.2, -0.15) is 0 Å². The van der Waals surface area contributed by atoms with Crippen molar-refractivity contribution in [1.82, 2.24) is 20.9 Å². The molecule has 0 aromatic heterocycles. The molecule has 2 aliphatic heterocycles. The van der Waals surface area contributed by atoms with Crippen LogP contribution in [-0.2, 0) is 30.4 Å². The molecule has 6 atom stereocenters. The number of benzene rings is 1. The van der Waals surface area contributed by atoms with Gasteiger partial charge in [0.2, 0.25) is 29.5 Å². The Labute approximate surface area is 265 Å². The Hall–Kier alpha value is -3.43. The predicted octanol–water partition coefficient (Wildman–Crippen LogP) is 2.11. The fourth-order valence-electron chi connectivity index (χ4n) is 10.6. The lowest BCUT2D eigenvalue weighted by molar-refractivity contribution is -0.155. The fourth-order valence-corrected chi connectivity index (χ4v) is 10.6. The predicted molar refractivity (Wildman–Crippen MR) is 166 cm³/mol. The molecule has 5 N–H and O–H groups in total. The van der Waals surface area contributed by atoms with Crippen LogP contribution in [0.25, 0.3) is 0 Å². The van der Waals surface area contributed by atoms with E-state index in [4.69, 9.17) is 5.73 Å². The van der Waals surface area contributed by atoms with E-state index in [0.717, 1.165) is 49.7 Å². The Morgan fingerprint density at radius 1 is 0.956 bits per heavy atom. The van der Waals surface area contributed by atoms with Gasteiger partial charge in [0.05, 0.1) is 6.42 Å². The molecule has 10 nitrogen and oxygen atoms in total. The van der Waals surface area contributed by atoms with Crippen molar-refractivity contribution in [3.05, 3.63) is 35.4 Å². The van der Waals surface area contributed by atoms with E-state index in [0.29, 0.717) is 30.7 Å². The number of carbonyl (C=O) groups excluding carboxylic acids is 5. The van der Waals surface area contributed by atoms with E-state index < -0.39 is 24.0 Å². The molecule has 5 aliphatic carbocycles. The summed E-state index contributed by atoms with van der Waals surface area (Å²) in [5, 5.41) is 8.89. The average Bonchev–Trinajstić information content (AvgIpc) is 3.72. The molecule has 8 rings (SSSR count). The SMILES string of the molecule is Cc1ccc(CC(=O)N[C@H](C(=O)N2[C@@H]3CC[C@@H](C3)[C@H]2C(=O)N[C@@H](C[C@@H]2CCNC2=O)C(N)=O)C23CC4CC(CC(C4)C2)C3)cc1. The van der Waals surface area contributed by atoms with Crippen LogP contribution in [0.2, 0.25) is 0 Å². The Bertz CT molecular complexity index is 1340. The number of carbonyl (C=O) groups is 5. The lowest BCUT2D eigenvalue weighted by atomic mass is 9.47. The maximum absolute atomic E-state index is 14.9. The van der Waals surface area contributed by atoms with E-state index in [1.807, 2.05) is 31.2 Å². The van der Waals surface area contributed by atoms with Crippen LogP contribution in [-0.4, -0.2) is 65.1 Å². The lowest BCUT2D eigenvalue weighted by Crippen LogP contribution is -2.66. The van der Waals surface area contributed by atoms with E-state index in [-0.39, 0.29) is 59.8 Å². The van der Waals surface area contributed by atoms with E-state index in [1.165, 1.54) is 19.3 Å². The van der Waals surface area contributed by atoms with Gasteiger partial charge in [0.15, 0.2) is 0 Å². The number of fused-ring (bicyclic) bond motifs is 2. The molecule has 5 saturated carbocycles. The number of likely N-dealkylation sites (tertiary alicyclic amines) is 1. The van der Waals surface area contributed by atoms with Crippen molar-refractivity contribution in [1.29, 1.82) is 0 Å². The van der Waals surface area contributed by atoms with Gasteiger partial charge in [0, 0.05) is 23.9 Å². The van der Waals surface area contributed by atoms with Crippen molar-refractivity contribution in [3.8, 4) is 0 Å². The van der Waals surface area contributed by atoms with E-state index >= 15 is 0 Å². The third-order valence-electron chi connectivity index (χ3n) is 12.2. The van der Waals surface area contributed by atoms with Gasteiger partial charge in [-0.05, 0) is 107 Å². The maximum Gasteiger partial charge on any atom is 0.246 e. The summed E-state index contributed by atoms with van der Waals surface area (Å²) < 4.78 is 0. The fraction of sp³-hybridized carbons (Fsp3) is 0.686. The first-order valence-corrected chi connectivity index (χ1v) is 17.1. The van der Waals surface area contributed by atoms with Crippen LogP contribution in [0.4, 0.5) is 0 Å². The summed E-state index contributed by atoms with van der Waals surface area (Å²) in [5.41, 5.74) is 7.43. The normalized spacial score (nSPS) is 35.6. The molecule has 0 radical (unpaired) electrons. The summed E-state index contributed by atoms with van der Waals surface area (Å²) >= 11 is 0. The molecule has 45 heavy (non-hydrogen) atoms. The van der Waals surface area contributed by atoms with Crippen molar-refractivity contribution < 1.29 is 24.0 Å². The van der Waals surface area contributed by atoms with E-state index in [9.17, 15) is 24.0 Å². The molecule has 5 amide bonds. The van der Waals surface area contributed by atoms with Crippen LogP contribution in [0.5, 0.6) is 0 Å². The minimum atomic E-state index is -0.990. The Morgan fingerprint density at radius 3 is 2.22 bits per heavy atom. The molecule has 1 aromatic rings. The molecule has 10 heteroatoms. The van der Waals surface area contributed by atoms with Crippen molar-refractivity contribution in [2.75, 3.05) is 6.54 Å². The molecule has 2 saturated heterocycles. The molecular formula is C35H47N5O5. The molecule has 7 fully saturated rings. The zero-order valence-corrected chi connectivity index (χ0v) is 26.3. The van der Waals surface area contributed by atoms with Crippen LogP contribution in [0, 0.1) is 41.9 Å². The Morgan fingerprint density at radius 2 is 1.62 bits per heavy atom. The molecule has 242 valence electrons. The smallest absolute Gasteiger partial charge is 0.246 e. The summed E-state index contributed by atoms with van der Waals surface area (Å²) in [6, 6.07) is 5.43. The number of primary amides is 1. The molecule has 7 aliphatic rings. The highest BCUT2D eigenvalue weighted by Crippen LogP contribution is 2.62. The molecule has 6 bridgehead atoms. The van der Waals surface area contributed by atoms with Crippen LogP contribution in [0.1, 0.15) is 81.8 Å². The zero-order valence-electron chi connectivity index (χ0n) is 26.3. The van der Waals surface area contributed by atoms with E-state index in [1.54, 1.807) is 4.90 Å². The van der Waals surface area contributed by atoms with Crippen LogP contribution >= 0.6 is 0 Å². The van der Waals surface area contributed by atoms with Gasteiger partial charge >= 0.3 is 0 Å². The van der Waals surface area contributed by atoms with E-state index in [2.05, 4.69) is 16.0 Å². The highest BCUT2D eigenvalue weighted by molar-refractivity contribution is 5.96. The van der Waals surface area contributed by atoms with Gasteiger partial charge < -0.3 is 26.6 Å². The maximum atomic E-state index is 14.9. The van der Waals surface area contributed by atoms with Crippen molar-refractivity contribution in [3.63, 3.8) is 0 Å². The van der Waals surface area contributed by atoms with Crippen LogP contribution < -0.4 is 21.7 Å². The van der Waals surface area contributed by atoms with Crippen molar-refractivity contribution >= 4 is 29.5 Å². The molecule has 0 spiro atoms. The number of nitrogens with zero attached hydrogens (tertiary/aromatic N) is 1. The number of piperidine rings is 1. The van der Waals surface area contributed by atoms with Gasteiger partial charge in [-0.3, -0.25) is 24.0 Å². The first-order chi connectivity index (χ1) is 21.6. The highest BCUT2D eigenvalue weighted by atomic mass is 16.2. The van der Waals surface area contributed by atoms with Crippen LogP contribution in [0.3, 0.4) is 0 Å². The van der Waals surface area contributed by atoms with Gasteiger partial charge in [-0.25, -0.2) is 0 Å². The number of rotatable bonds is 10. The summed E-state index contributed by atoms with van der Waals surface area (Å²) in [5.74, 6) is -0.156. The molecular weight excluding hydrogens is 570 g/mol. The second-order valence-corrected chi connectivity index (χ2v) is 15.3. The van der Waals surface area contributed by atoms with Gasteiger partial charge in [0.25, 0.3) is 0 Å². The first-order valence-electron chi connectivity index (χ1n) is 17.1. The monoisotopic (exact) mass is 617 g/mol. The van der Waals surface area contributed by atoms with Gasteiger partial charge in [-0.1, -0.05) is 29.8 Å². The largest absolute Gasteiger partial charge is 0.368 e. The number of hydrogen-bond donors (Lipinski definition) is 4. The van der Waals surface area contributed by atoms with Crippen molar-refractivity contribution in [2.24, 2.45) is 40.7 Å². The average molecular weight is 618 g/mol. The topological polar surface area (TPSA) is 151 Å². The highest BCUT2D eigenvalue weighted by Gasteiger charge is 2.60. The quantitative estimate of drug-likeness (QED) is 0.317. The summed E-state index contributed by atoms with van der Waals surface area (Å²) in [4.78, 5) is 69.0. The second kappa shape index (κ2) is 11.7. The molecule has 1 aromatic carbocycles. The Balaban J connectivity index is 1.14. The summed E-state index contributed by atoms with van der Waals surface area (Å²) in [6.45, 7) is 2.55. The van der Waals surface area contributed by atoms with Crippen molar-refractivity contribution in [2.45, 2.75) is 108 Å². The Kier molecular flexibility index (Phi) is 7.89. The van der Waals surface area contributed by atoms with Gasteiger partial charge in [0.1, 0.15) is 18.1 Å². The van der Waals surface area contributed by atoms with Crippen LogP contribution in [0.15, 0.2) is 24.3 Å². The minimum Gasteiger partial charge on any atom is -0.368 e. The number of amides is 5. The zero-order chi connectivity index (χ0) is 31.5. The standard InChI is InChI=1S/C35H47N5O5/c1-19-2-4-20(5-3-19)13-28(41)39-30(35-16-21-10-22(17-35)12-23(11-21)18-35)34(45)40-26-7-6-24(14-26)29(40)33(44)38-27(31(36)42)15-25-8-9-37-32(25)43/h2-5,21-27,29-30H,6-18H2,1H3,(H2,36,42)(H,37,43)(H,38,44)(H,39,41)/t21?,22?,23?,24-,25-,26+,27-,29-,30+,35?/m0/s1. The third-order valence-corrected chi connectivity index (χ3v) is 12.2. The third kappa shape index (κ3) is 5.74. The lowest BCUT2D eigenvalue weighted by Gasteiger charge is -2.59. The number of nitrogens with one attached hydrogen (secondary N) is 3. The number of aryl methyl sites for hydroxylation is 1. The van der Waals surface area contributed by atoms with Gasteiger partial charge in [-0.15, -0.1) is 0 Å². The summed E-state index contributed by atoms with van der Waals surface area (Å²) in [6.07, 6.45) is 9.78. The second-order valence-electron chi connectivity index (χ2n) is 15.3. The first kappa shape index (κ1) is 30.2. The molecule has 2 heterocycles.